The van der Waals surface area contributed by atoms with Gasteiger partial charge in [0.05, 0.1) is 11.0 Å². The van der Waals surface area contributed by atoms with Gasteiger partial charge in [0.15, 0.2) is 10.5 Å². The molecule has 4 rings (SSSR count). The molecular weight excluding hydrogens is 392 g/mol. The summed E-state index contributed by atoms with van der Waals surface area (Å²) in [5.41, 5.74) is 0.108. The fraction of sp³-hybridized carbons (Fsp3) is 0.450. The third-order valence-electron chi connectivity index (χ3n) is 6.18. The number of carbonyl (C=O) groups excluding carboxylic acids is 2. The van der Waals surface area contributed by atoms with Crippen molar-refractivity contribution in [3.63, 3.8) is 0 Å². The van der Waals surface area contributed by atoms with Gasteiger partial charge in [-0.25, -0.2) is 0 Å². The summed E-state index contributed by atoms with van der Waals surface area (Å²) in [5, 5.41) is 14.1. The highest BCUT2D eigenvalue weighted by Crippen LogP contribution is 2.47. The molecule has 29 heavy (non-hydrogen) atoms. The lowest BCUT2D eigenvalue weighted by atomic mass is 9.67. The molecule has 1 aromatic carbocycles. The number of non-ortho nitro benzene ring substituents is 1. The summed E-state index contributed by atoms with van der Waals surface area (Å²) < 4.78 is 0. The zero-order valence-electron chi connectivity index (χ0n) is 15.9. The molecule has 0 radical (unpaired) electrons. The van der Waals surface area contributed by atoms with Gasteiger partial charge in [0.2, 0.25) is 11.8 Å². The van der Waals surface area contributed by atoms with Crippen LogP contribution in [-0.2, 0) is 16.0 Å². The van der Waals surface area contributed by atoms with Gasteiger partial charge in [-0.05, 0) is 36.7 Å². The SMILES string of the molecule is C=CCN1C(=O)C2(Cc3cc([N+](=O)[O-])ccc3N3CCCCCC32)C(=O)NC1=S. The second-order valence-electron chi connectivity index (χ2n) is 7.74. The van der Waals surface area contributed by atoms with E-state index >= 15 is 0 Å². The maximum absolute atomic E-state index is 13.7. The van der Waals surface area contributed by atoms with E-state index in [1.54, 1.807) is 12.1 Å². The van der Waals surface area contributed by atoms with E-state index in [0.29, 0.717) is 18.5 Å². The zero-order valence-corrected chi connectivity index (χ0v) is 16.7. The lowest BCUT2D eigenvalue weighted by molar-refractivity contribution is -0.384. The molecule has 1 spiro atoms. The molecule has 2 fully saturated rings. The Morgan fingerprint density at radius 1 is 1.34 bits per heavy atom. The van der Waals surface area contributed by atoms with Crippen molar-refractivity contribution >= 4 is 40.5 Å². The number of amides is 2. The van der Waals surface area contributed by atoms with Crippen LogP contribution in [0.2, 0.25) is 0 Å². The van der Waals surface area contributed by atoms with E-state index in [0.717, 1.165) is 24.9 Å². The van der Waals surface area contributed by atoms with E-state index in [-0.39, 0.29) is 35.7 Å². The van der Waals surface area contributed by atoms with Crippen LogP contribution in [0.5, 0.6) is 0 Å². The highest BCUT2D eigenvalue weighted by atomic mass is 32.1. The molecule has 1 aromatic rings. The summed E-state index contributed by atoms with van der Waals surface area (Å²) in [4.78, 5) is 41.3. The summed E-state index contributed by atoms with van der Waals surface area (Å²) in [6, 6.07) is 4.40. The second-order valence-corrected chi connectivity index (χ2v) is 8.13. The van der Waals surface area contributed by atoms with Crippen LogP contribution in [0.3, 0.4) is 0 Å². The van der Waals surface area contributed by atoms with Crippen molar-refractivity contribution < 1.29 is 14.5 Å². The first kappa shape index (κ1) is 19.5. The molecule has 2 atom stereocenters. The molecular formula is C20H22N4O4S. The summed E-state index contributed by atoms with van der Waals surface area (Å²) in [7, 11) is 0. The standard InChI is InChI=1S/C20H22N4O4S/c1-2-9-23-18(26)20(17(25)21-19(23)29)12-13-11-14(24(27)28)7-8-15(13)22-10-5-3-4-6-16(20)22/h2,7-8,11,16H,1,3-6,9-10,12H2,(H,21,25,29). The largest absolute Gasteiger partial charge is 0.367 e. The number of carbonyl (C=O) groups is 2. The molecule has 0 saturated carbocycles. The van der Waals surface area contributed by atoms with Gasteiger partial charge in [-0.2, -0.15) is 0 Å². The summed E-state index contributed by atoms with van der Waals surface area (Å²) in [6.45, 7) is 4.59. The molecule has 1 N–H and O–H groups in total. The normalized spacial score (nSPS) is 26.5. The van der Waals surface area contributed by atoms with E-state index in [1.165, 1.54) is 17.0 Å². The summed E-state index contributed by atoms with van der Waals surface area (Å²) >= 11 is 5.23. The van der Waals surface area contributed by atoms with Gasteiger partial charge < -0.3 is 10.2 Å². The first-order valence-corrected chi connectivity index (χ1v) is 10.1. The number of nitrogens with zero attached hydrogens (tertiary/aromatic N) is 3. The average Bonchev–Trinajstić information content (AvgIpc) is 2.95. The first-order chi connectivity index (χ1) is 13.9. The van der Waals surface area contributed by atoms with Crippen molar-refractivity contribution in [2.75, 3.05) is 18.0 Å². The van der Waals surface area contributed by atoms with Crippen LogP contribution >= 0.6 is 12.2 Å². The highest BCUT2D eigenvalue weighted by Gasteiger charge is 2.61. The van der Waals surface area contributed by atoms with Crippen LogP contribution in [0.4, 0.5) is 11.4 Å². The number of thiocarbonyl (C=S) groups is 1. The van der Waals surface area contributed by atoms with Gasteiger partial charge in [-0.3, -0.25) is 24.6 Å². The van der Waals surface area contributed by atoms with Crippen LogP contribution in [0.1, 0.15) is 31.2 Å². The topological polar surface area (TPSA) is 95.8 Å². The Bertz CT molecular complexity index is 933. The lowest BCUT2D eigenvalue weighted by Gasteiger charge is -2.52. The number of benzene rings is 1. The molecule has 2 unspecified atom stereocenters. The Kier molecular flexibility index (Phi) is 4.85. The molecule has 9 heteroatoms. The average molecular weight is 414 g/mol. The monoisotopic (exact) mass is 414 g/mol. The first-order valence-electron chi connectivity index (χ1n) is 9.72. The molecule has 3 heterocycles. The Hall–Kier alpha value is -2.81. The maximum Gasteiger partial charge on any atom is 0.269 e. The predicted octanol–water partition coefficient (Wildman–Crippen LogP) is 2.32. The summed E-state index contributed by atoms with van der Waals surface area (Å²) in [5.74, 6) is -0.762. The van der Waals surface area contributed by atoms with Gasteiger partial charge in [0.1, 0.15) is 0 Å². The predicted molar refractivity (Wildman–Crippen MR) is 111 cm³/mol. The number of fused-ring (bicyclic) bond motifs is 4. The van der Waals surface area contributed by atoms with Crippen LogP contribution < -0.4 is 10.2 Å². The molecule has 8 nitrogen and oxygen atoms in total. The second kappa shape index (κ2) is 7.22. The molecule has 3 aliphatic heterocycles. The van der Waals surface area contributed by atoms with E-state index in [4.69, 9.17) is 12.2 Å². The molecule has 2 amide bonds. The van der Waals surface area contributed by atoms with E-state index in [1.807, 2.05) is 0 Å². The number of hydrogen-bond acceptors (Lipinski definition) is 6. The summed E-state index contributed by atoms with van der Waals surface area (Å²) in [6.07, 6.45) is 5.25. The van der Waals surface area contributed by atoms with Gasteiger partial charge in [0.25, 0.3) is 5.69 Å². The minimum Gasteiger partial charge on any atom is -0.367 e. The van der Waals surface area contributed by atoms with Crippen LogP contribution in [0.15, 0.2) is 30.9 Å². The van der Waals surface area contributed by atoms with Crippen molar-refractivity contribution in [2.24, 2.45) is 5.41 Å². The number of rotatable bonds is 3. The van der Waals surface area contributed by atoms with Gasteiger partial charge in [-0.1, -0.05) is 18.9 Å². The van der Waals surface area contributed by atoms with E-state index < -0.39 is 16.2 Å². The van der Waals surface area contributed by atoms with Gasteiger partial charge in [0, 0.05) is 37.3 Å². The van der Waals surface area contributed by atoms with Gasteiger partial charge in [-0.15, -0.1) is 6.58 Å². The number of anilines is 1. The minimum atomic E-state index is -1.36. The minimum absolute atomic E-state index is 0.0469. The van der Waals surface area contributed by atoms with Crippen LogP contribution in [-0.4, -0.2) is 45.9 Å². The Labute approximate surface area is 173 Å². The fourth-order valence-electron chi connectivity index (χ4n) is 4.89. The number of hydrogen-bond donors (Lipinski definition) is 1. The number of nitro groups is 1. The van der Waals surface area contributed by atoms with E-state index in [2.05, 4.69) is 16.8 Å². The third kappa shape index (κ3) is 2.91. The smallest absolute Gasteiger partial charge is 0.269 e. The quantitative estimate of drug-likeness (QED) is 0.268. The lowest BCUT2D eigenvalue weighted by Crippen LogP contribution is -2.71. The Morgan fingerprint density at radius 3 is 2.86 bits per heavy atom. The Balaban J connectivity index is 1.89. The van der Waals surface area contributed by atoms with Crippen LogP contribution in [0, 0.1) is 15.5 Å². The van der Waals surface area contributed by atoms with Crippen molar-refractivity contribution in [3.8, 4) is 0 Å². The van der Waals surface area contributed by atoms with Crippen LogP contribution in [0.25, 0.3) is 0 Å². The number of nitrogens with one attached hydrogen (secondary N) is 1. The van der Waals surface area contributed by atoms with Crippen molar-refractivity contribution in [1.82, 2.24) is 10.2 Å². The molecule has 0 aromatic heterocycles. The van der Waals surface area contributed by atoms with Crippen molar-refractivity contribution in [2.45, 2.75) is 38.1 Å². The number of nitro benzene ring substituents is 1. The molecule has 0 bridgehead atoms. The van der Waals surface area contributed by atoms with E-state index in [9.17, 15) is 19.7 Å². The third-order valence-corrected chi connectivity index (χ3v) is 6.51. The molecule has 2 saturated heterocycles. The molecule has 0 aliphatic carbocycles. The maximum atomic E-state index is 13.7. The van der Waals surface area contributed by atoms with Gasteiger partial charge >= 0.3 is 0 Å². The molecule has 152 valence electrons. The fourth-order valence-corrected chi connectivity index (χ4v) is 5.14. The van der Waals surface area contributed by atoms with Crippen molar-refractivity contribution in [3.05, 3.63) is 46.5 Å². The highest BCUT2D eigenvalue weighted by molar-refractivity contribution is 7.80. The Morgan fingerprint density at radius 2 is 2.14 bits per heavy atom. The van der Waals surface area contributed by atoms with Crippen molar-refractivity contribution in [1.29, 1.82) is 0 Å². The molecule has 3 aliphatic rings. The zero-order chi connectivity index (χ0) is 20.8.